The first-order valence-corrected chi connectivity index (χ1v) is 9.54. The van der Waals surface area contributed by atoms with E-state index in [9.17, 15) is 4.79 Å². The predicted molar refractivity (Wildman–Crippen MR) is 101 cm³/mol. The second-order valence-electron chi connectivity index (χ2n) is 7.25. The van der Waals surface area contributed by atoms with E-state index in [1.54, 1.807) is 0 Å². The molecule has 2 aliphatic heterocycles. The fourth-order valence-corrected chi connectivity index (χ4v) is 3.92. The molecule has 0 atom stereocenters. The van der Waals surface area contributed by atoms with Gasteiger partial charge in [-0.25, -0.2) is 9.97 Å². The number of carbonyl (C=O) groups is 1. The molecule has 4 rings (SSSR count). The van der Waals surface area contributed by atoms with E-state index in [0.29, 0.717) is 25.6 Å². The zero-order valence-electron chi connectivity index (χ0n) is 15.4. The SMILES string of the molecule is Cc1nc2ccccc2nc1N1CCC(CC(=O)N2CCOCC2)CC1. The summed E-state index contributed by atoms with van der Waals surface area (Å²) in [6.07, 6.45) is 2.73. The van der Waals surface area contributed by atoms with Crippen molar-refractivity contribution >= 4 is 22.8 Å². The molecule has 1 aromatic carbocycles. The molecule has 0 bridgehead atoms. The molecule has 1 aromatic heterocycles. The van der Waals surface area contributed by atoms with Gasteiger partial charge in [0.1, 0.15) is 0 Å². The van der Waals surface area contributed by atoms with Gasteiger partial charge in [-0.15, -0.1) is 0 Å². The molecule has 2 aliphatic rings. The van der Waals surface area contributed by atoms with Gasteiger partial charge in [0.15, 0.2) is 5.82 Å². The first-order valence-electron chi connectivity index (χ1n) is 9.54. The normalized spacial score (nSPS) is 19.1. The zero-order valence-corrected chi connectivity index (χ0v) is 15.4. The lowest BCUT2D eigenvalue weighted by Gasteiger charge is -2.34. The van der Waals surface area contributed by atoms with E-state index in [0.717, 1.165) is 61.6 Å². The van der Waals surface area contributed by atoms with Crippen LogP contribution in [0.25, 0.3) is 11.0 Å². The molecule has 3 heterocycles. The topological polar surface area (TPSA) is 58.6 Å². The Morgan fingerprint density at radius 1 is 1.08 bits per heavy atom. The molecule has 2 fully saturated rings. The number of benzene rings is 1. The van der Waals surface area contributed by atoms with Crippen LogP contribution in [0.5, 0.6) is 0 Å². The Morgan fingerprint density at radius 2 is 1.73 bits per heavy atom. The van der Waals surface area contributed by atoms with Gasteiger partial charge in [0, 0.05) is 32.6 Å². The van der Waals surface area contributed by atoms with Crippen LogP contribution >= 0.6 is 0 Å². The Balaban J connectivity index is 1.37. The van der Waals surface area contributed by atoms with Crippen molar-refractivity contribution in [2.45, 2.75) is 26.2 Å². The van der Waals surface area contributed by atoms with Crippen molar-refractivity contribution in [2.75, 3.05) is 44.3 Å². The van der Waals surface area contributed by atoms with Gasteiger partial charge < -0.3 is 14.5 Å². The van der Waals surface area contributed by atoms with Gasteiger partial charge >= 0.3 is 0 Å². The highest BCUT2D eigenvalue weighted by atomic mass is 16.5. The molecular formula is C20H26N4O2. The summed E-state index contributed by atoms with van der Waals surface area (Å²) < 4.78 is 5.33. The fraction of sp³-hybridized carbons (Fsp3) is 0.550. The van der Waals surface area contributed by atoms with Crippen LogP contribution in [0.3, 0.4) is 0 Å². The predicted octanol–water partition coefficient (Wildman–Crippen LogP) is 2.40. The third kappa shape index (κ3) is 3.65. The molecule has 0 N–H and O–H groups in total. The summed E-state index contributed by atoms with van der Waals surface area (Å²) in [6.45, 7) is 6.73. The summed E-state index contributed by atoms with van der Waals surface area (Å²) in [5.41, 5.74) is 2.86. The number of morpholine rings is 1. The molecule has 0 radical (unpaired) electrons. The molecule has 0 spiro atoms. The third-order valence-electron chi connectivity index (χ3n) is 5.46. The average Bonchev–Trinajstić information content (AvgIpc) is 2.69. The second-order valence-corrected chi connectivity index (χ2v) is 7.25. The van der Waals surface area contributed by atoms with Crippen LogP contribution in [0.2, 0.25) is 0 Å². The fourth-order valence-electron chi connectivity index (χ4n) is 3.92. The number of carbonyl (C=O) groups excluding carboxylic acids is 1. The van der Waals surface area contributed by atoms with E-state index in [1.807, 2.05) is 36.1 Å². The number of fused-ring (bicyclic) bond motifs is 1. The highest BCUT2D eigenvalue weighted by Crippen LogP contribution is 2.27. The quantitative estimate of drug-likeness (QED) is 0.847. The molecule has 6 nitrogen and oxygen atoms in total. The summed E-state index contributed by atoms with van der Waals surface area (Å²) in [7, 11) is 0. The molecule has 138 valence electrons. The highest BCUT2D eigenvalue weighted by molar-refractivity contribution is 5.77. The number of rotatable bonds is 3. The minimum Gasteiger partial charge on any atom is -0.378 e. The summed E-state index contributed by atoms with van der Waals surface area (Å²) in [4.78, 5) is 26.3. The van der Waals surface area contributed by atoms with Crippen LogP contribution in [-0.4, -0.2) is 60.2 Å². The van der Waals surface area contributed by atoms with Crippen LogP contribution in [0.1, 0.15) is 25.0 Å². The summed E-state index contributed by atoms with van der Waals surface area (Å²) >= 11 is 0. The molecular weight excluding hydrogens is 328 g/mol. The minimum absolute atomic E-state index is 0.286. The molecule has 26 heavy (non-hydrogen) atoms. The molecule has 1 amide bonds. The maximum absolute atomic E-state index is 12.5. The van der Waals surface area contributed by atoms with Gasteiger partial charge in [0.25, 0.3) is 0 Å². The van der Waals surface area contributed by atoms with Gasteiger partial charge in [0.2, 0.25) is 5.91 Å². The van der Waals surface area contributed by atoms with Crippen molar-refractivity contribution in [3.8, 4) is 0 Å². The van der Waals surface area contributed by atoms with Crippen LogP contribution in [0.4, 0.5) is 5.82 Å². The third-order valence-corrected chi connectivity index (χ3v) is 5.46. The molecule has 2 aromatic rings. The van der Waals surface area contributed by atoms with Crippen LogP contribution in [-0.2, 0) is 9.53 Å². The van der Waals surface area contributed by atoms with Gasteiger partial charge in [0.05, 0.1) is 29.9 Å². The molecule has 0 unspecified atom stereocenters. The number of anilines is 1. The van der Waals surface area contributed by atoms with Crippen molar-refractivity contribution in [1.29, 1.82) is 0 Å². The number of aryl methyl sites for hydroxylation is 1. The van der Waals surface area contributed by atoms with Crippen molar-refractivity contribution in [1.82, 2.24) is 14.9 Å². The summed E-state index contributed by atoms with van der Waals surface area (Å²) in [5, 5.41) is 0. The lowest BCUT2D eigenvalue weighted by Crippen LogP contribution is -2.42. The van der Waals surface area contributed by atoms with Gasteiger partial charge in [-0.05, 0) is 37.8 Å². The van der Waals surface area contributed by atoms with Gasteiger partial charge in [-0.2, -0.15) is 0 Å². The van der Waals surface area contributed by atoms with E-state index >= 15 is 0 Å². The van der Waals surface area contributed by atoms with Crippen molar-refractivity contribution in [3.63, 3.8) is 0 Å². The number of hydrogen-bond acceptors (Lipinski definition) is 5. The first-order chi connectivity index (χ1) is 12.7. The number of amides is 1. The largest absolute Gasteiger partial charge is 0.378 e. The molecule has 0 aliphatic carbocycles. The number of aromatic nitrogens is 2. The van der Waals surface area contributed by atoms with Gasteiger partial charge in [-0.3, -0.25) is 4.79 Å². The highest BCUT2D eigenvalue weighted by Gasteiger charge is 2.26. The Labute approximate surface area is 154 Å². The summed E-state index contributed by atoms with van der Waals surface area (Å²) in [5.74, 6) is 1.74. The van der Waals surface area contributed by atoms with Crippen molar-refractivity contribution in [2.24, 2.45) is 5.92 Å². The maximum atomic E-state index is 12.5. The Morgan fingerprint density at radius 3 is 2.42 bits per heavy atom. The van der Waals surface area contributed by atoms with Crippen molar-refractivity contribution < 1.29 is 9.53 Å². The standard InChI is InChI=1S/C20H26N4O2/c1-15-20(22-18-5-3-2-4-17(18)21-15)24-8-6-16(7-9-24)14-19(25)23-10-12-26-13-11-23/h2-5,16H,6-14H2,1H3. The number of nitrogens with zero attached hydrogens (tertiary/aromatic N) is 4. The second kappa shape index (κ2) is 7.58. The van der Waals surface area contributed by atoms with E-state index in [2.05, 4.69) is 4.90 Å². The van der Waals surface area contributed by atoms with Crippen LogP contribution < -0.4 is 4.90 Å². The number of hydrogen-bond donors (Lipinski definition) is 0. The molecule has 6 heteroatoms. The van der Waals surface area contributed by atoms with E-state index in [4.69, 9.17) is 14.7 Å². The van der Waals surface area contributed by atoms with Crippen LogP contribution in [0, 0.1) is 12.8 Å². The van der Waals surface area contributed by atoms with Crippen molar-refractivity contribution in [3.05, 3.63) is 30.0 Å². The van der Waals surface area contributed by atoms with E-state index in [1.165, 1.54) is 0 Å². The zero-order chi connectivity index (χ0) is 17.9. The molecule has 0 saturated carbocycles. The number of ether oxygens (including phenoxy) is 1. The van der Waals surface area contributed by atoms with Gasteiger partial charge in [-0.1, -0.05) is 12.1 Å². The number of para-hydroxylation sites is 2. The summed E-state index contributed by atoms with van der Waals surface area (Å²) in [6, 6.07) is 8.01. The Bertz CT molecular complexity index is 780. The lowest BCUT2D eigenvalue weighted by molar-refractivity contribution is -0.136. The Hall–Kier alpha value is -2.21. The van der Waals surface area contributed by atoms with E-state index in [-0.39, 0.29) is 5.91 Å². The average molecular weight is 354 g/mol. The Kier molecular flexibility index (Phi) is 5.02. The van der Waals surface area contributed by atoms with E-state index < -0.39 is 0 Å². The minimum atomic E-state index is 0.286. The molecule has 2 saturated heterocycles. The first kappa shape index (κ1) is 17.2. The monoisotopic (exact) mass is 354 g/mol. The lowest BCUT2D eigenvalue weighted by atomic mass is 9.93. The maximum Gasteiger partial charge on any atom is 0.223 e. The smallest absolute Gasteiger partial charge is 0.223 e. The van der Waals surface area contributed by atoms with Crippen LogP contribution in [0.15, 0.2) is 24.3 Å². The number of piperidine rings is 1.